The summed E-state index contributed by atoms with van der Waals surface area (Å²) in [5.74, 6) is 0.568. The van der Waals surface area contributed by atoms with E-state index in [4.69, 9.17) is 4.74 Å². The third kappa shape index (κ3) is 1.13. The molecule has 0 unspecified atom stereocenters. The molecule has 2 aliphatic carbocycles. The molecule has 2 aliphatic heterocycles. The van der Waals surface area contributed by atoms with Crippen molar-refractivity contribution in [2.24, 2.45) is 0 Å². The zero-order valence-corrected chi connectivity index (χ0v) is 12.5. The number of aryl methyl sites for hydroxylation is 1. The van der Waals surface area contributed by atoms with Gasteiger partial charge >= 0.3 is 0 Å². The van der Waals surface area contributed by atoms with E-state index in [1.807, 2.05) is 6.92 Å². The number of carbonyl (C=O) groups is 1. The van der Waals surface area contributed by atoms with Crippen molar-refractivity contribution in [3.8, 4) is 11.5 Å². The van der Waals surface area contributed by atoms with Crippen molar-refractivity contribution in [1.29, 1.82) is 0 Å². The van der Waals surface area contributed by atoms with Crippen LogP contribution in [0.5, 0.6) is 11.5 Å². The summed E-state index contributed by atoms with van der Waals surface area (Å²) in [4.78, 5) is 12.5. The molecule has 1 saturated carbocycles. The molecule has 1 aromatic carbocycles. The number of phenolic OH excluding ortho intramolecular Hbond substituents is 1. The topological polar surface area (TPSA) is 78.8 Å². The van der Waals surface area contributed by atoms with Gasteiger partial charge < -0.3 is 20.3 Å². The van der Waals surface area contributed by atoms with E-state index in [-0.39, 0.29) is 17.6 Å². The van der Waals surface area contributed by atoms with Gasteiger partial charge in [-0.05, 0) is 49.9 Å². The molecular weight excluding hydrogens is 282 g/mol. The van der Waals surface area contributed by atoms with Crippen LogP contribution in [0.15, 0.2) is 6.07 Å². The number of hydrogen-bond donors (Lipinski definition) is 3. The first kappa shape index (κ1) is 12.9. The Balaban J connectivity index is 1.91. The van der Waals surface area contributed by atoms with Crippen molar-refractivity contribution in [3.05, 3.63) is 22.8 Å². The highest BCUT2D eigenvalue weighted by molar-refractivity contribution is 5.90. The molecule has 1 spiro atoms. The maximum Gasteiger partial charge on any atom is 0.174 e. The van der Waals surface area contributed by atoms with Crippen LogP contribution in [0.3, 0.4) is 0 Å². The van der Waals surface area contributed by atoms with Gasteiger partial charge in [0, 0.05) is 18.0 Å². The predicted octanol–water partition coefficient (Wildman–Crippen LogP) is 0.711. The lowest BCUT2D eigenvalue weighted by Gasteiger charge is -2.59. The van der Waals surface area contributed by atoms with Gasteiger partial charge in [0.25, 0.3) is 0 Å². The molecule has 5 heteroatoms. The summed E-state index contributed by atoms with van der Waals surface area (Å²) < 4.78 is 5.95. The second kappa shape index (κ2) is 3.66. The summed E-state index contributed by atoms with van der Waals surface area (Å²) in [5.41, 5.74) is 1.39. The molecule has 0 amide bonds. The number of phenols is 1. The van der Waals surface area contributed by atoms with Crippen LogP contribution in [0.25, 0.3) is 0 Å². The van der Waals surface area contributed by atoms with Gasteiger partial charge in [0.2, 0.25) is 0 Å². The van der Waals surface area contributed by atoms with Crippen LogP contribution in [0.4, 0.5) is 0 Å². The second-order valence-corrected chi connectivity index (χ2v) is 7.22. The average Bonchev–Trinajstić information content (AvgIpc) is 2.80. The Morgan fingerprint density at radius 3 is 3.05 bits per heavy atom. The molecular formula is C17H19NO4. The van der Waals surface area contributed by atoms with Crippen molar-refractivity contribution in [2.45, 2.75) is 55.8 Å². The van der Waals surface area contributed by atoms with E-state index in [0.717, 1.165) is 29.7 Å². The first-order chi connectivity index (χ1) is 10.5. The van der Waals surface area contributed by atoms with Crippen LogP contribution in [-0.2, 0) is 16.6 Å². The van der Waals surface area contributed by atoms with Crippen molar-refractivity contribution < 1.29 is 19.7 Å². The van der Waals surface area contributed by atoms with Gasteiger partial charge in [-0.25, -0.2) is 0 Å². The van der Waals surface area contributed by atoms with Crippen molar-refractivity contribution in [3.63, 3.8) is 0 Å². The molecule has 22 heavy (non-hydrogen) atoms. The third-order valence-electron chi connectivity index (χ3n) is 6.43. The highest BCUT2D eigenvalue weighted by Gasteiger charge is 2.72. The fourth-order valence-electron chi connectivity index (χ4n) is 5.49. The van der Waals surface area contributed by atoms with Crippen LogP contribution in [0.2, 0.25) is 0 Å². The molecule has 2 heterocycles. The van der Waals surface area contributed by atoms with Gasteiger partial charge in [-0.1, -0.05) is 0 Å². The number of Topliss-reactive ketones (excluding diaryl/α,β-unsaturated/α-hetero) is 1. The van der Waals surface area contributed by atoms with Crippen LogP contribution < -0.4 is 10.1 Å². The van der Waals surface area contributed by atoms with Gasteiger partial charge in [0.05, 0.1) is 11.0 Å². The Labute approximate surface area is 128 Å². The summed E-state index contributed by atoms with van der Waals surface area (Å²) in [6.45, 7) is 2.73. The number of hydrogen-bond acceptors (Lipinski definition) is 5. The summed E-state index contributed by atoms with van der Waals surface area (Å²) >= 11 is 0. The Morgan fingerprint density at radius 1 is 1.41 bits per heavy atom. The first-order valence-corrected chi connectivity index (χ1v) is 8.00. The third-order valence-corrected chi connectivity index (χ3v) is 6.43. The zero-order valence-electron chi connectivity index (χ0n) is 12.5. The molecule has 3 N–H and O–H groups in total. The zero-order chi connectivity index (χ0) is 15.3. The van der Waals surface area contributed by atoms with Crippen molar-refractivity contribution in [1.82, 2.24) is 5.32 Å². The molecule has 0 aromatic heterocycles. The Hall–Kier alpha value is -1.59. The highest BCUT2D eigenvalue weighted by Crippen LogP contribution is 2.63. The lowest BCUT2D eigenvalue weighted by atomic mass is 9.49. The molecule has 5 nitrogen and oxygen atoms in total. The Bertz CT molecular complexity index is 730. The van der Waals surface area contributed by atoms with Crippen LogP contribution >= 0.6 is 0 Å². The van der Waals surface area contributed by atoms with Gasteiger partial charge in [0.1, 0.15) is 0 Å². The van der Waals surface area contributed by atoms with Crippen LogP contribution in [-0.4, -0.2) is 40.3 Å². The SMILES string of the molecule is Cc1cc(O)c2c3c1C[C@H]1NCC[C@@]34[C@@H](O2)C(=O)CC[C@@]14O. The maximum absolute atomic E-state index is 12.5. The van der Waals surface area contributed by atoms with E-state index < -0.39 is 17.1 Å². The van der Waals surface area contributed by atoms with Gasteiger partial charge in [0.15, 0.2) is 23.4 Å². The number of ketones is 1. The highest BCUT2D eigenvalue weighted by atomic mass is 16.5. The van der Waals surface area contributed by atoms with Crippen LogP contribution in [0, 0.1) is 6.92 Å². The van der Waals surface area contributed by atoms with Gasteiger partial charge in [-0.3, -0.25) is 4.79 Å². The average molecular weight is 301 g/mol. The molecule has 5 rings (SSSR count). The lowest BCUT2D eigenvalue weighted by molar-refractivity contribution is -0.166. The smallest absolute Gasteiger partial charge is 0.174 e. The van der Waals surface area contributed by atoms with E-state index in [0.29, 0.717) is 25.0 Å². The van der Waals surface area contributed by atoms with Gasteiger partial charge in [-0.2, -0.15) is 0 Å². The summed E-state index contributed by atoms with van der Waals surface area (Å²) in [7, 11) is 0. The van der Waals surface area contributed by atoms with E-state index >= 15 is 0 Å². The quantitative estimate of drug-likeness (QED) is 0.658. The molecule has 0 radical (unpaired) electrons. The summed E-state index contributed by atoms with van der Waals surface area (Å²) in [6.07, 6.45) is 1.54. The molecule has 1 saturated heterocycles. The monoisotopic (exact) mass is 301 g/mol. The number of nitrogens with one attached hydrogen (secondary N) is 1. The summed E-state index contributed by atoms with van der Waals surface area (Å²) in [6, 6.07) is 1.66. The first-order valence-electron chi connectivity index (χ1n) is 8.00. The maximum atomic E-state index is 12.5. The molecule has 4 atom stereocenters. The predicted molar refractivity (Wildman–Crippen MR) is 78.2 cm³/mol. The standard InChI is InChI=1S/C17H19NO4/c1-8-6-11(20)14-13-9(8)7-12-17(21)3-2-10(19)15(22-14)16(13,17)4-5-18-12/h6,12,15,18,20-21H,2-5,7H2,1H3/t12-,15+,16+,17-/m1/s1. The molecule has 2 fully saturated rings. The number of benzene rings is 1. The minimum absolute atomic E-state index is 0.0476. The van der Waals surface area contributed by atoms with E-state index in [2.05, 4.69) is 5.32 Å². The molecule has 1 aromatic rings. The Kier molecular flexibility index (Phi) is 2.15. The largest absolute Gasteiger partial charge is 0.504 e. The minimum atomic E-state index is -0.970. The number of piperidine rings is 1. The minimum Gasteiger partial charge on any atom is -0.504 e. The fraction of sp³-hybridized carbons (Fsp3) is 0.588. The molecule has 116 valence electrons. The normalized spacial score (nSPS) is 41.1. The molecule has 4 aliphatic rings. The molecule has 2 bridgehead atoms. The number of carbonyl (C=O) groups excluding carboxylic acids is 1. The van der Waals surface area contributed by atoms with Crippen molar-refractivity contribution in [2.75, 3.05) is 6.54 Å². The van der Waals surface area contributed by atoms with E-state index in [1.54, 1.807) is 6.07 Å². The number of aromatic hydroxyl groups is 1. The van der Waals surface area contributed by atoms with Gasteiger partial charge in [-0.15, -0.1) is 0 Å². The fourth-order valence-corrected chi connectivity index (χ4v) is 5.49. The van der Waals surface area contributed by atoms with E-state index in [1.165, 1.54) is 0 Å². The number of ether oxygens (including phenoxy) is 1. The number of aliphatic hydroxyl groups is 1. The van der Waals surface area contributed by atoms with E-state index in [9.17, 15) is 15.0 Å². The second-order valence-electron chi connectivity index (χ2n) is 7.22. The number of rotatable bonds is 0. The van der Waals surface area contributed by atoms with Crippen molar-refractivity contribution >= 4 is 5.78 Å². The Morgan fingerprint density at radius 2 is 2.23 bits per heavy atom. The summed E-state index contributed by atoms with van der Waals surface area (Å²) in [5, 5.41) is 25.3. The van der Waals surface area contributed by atoms with Crippen LogP contribution in [0.1, 0.15) is 36.0 Å². The lowest BCUT2D eigenvalue weighted by Crippen LogP contribution is -2.76.